The highest BCUT2D eigenvalue weighted by Gasteiger charge is 2.18. The number of aliphatic carboxylic acids is 1. The number of aryl methyl sites for hydroxylation is 2. The summed E-state index contributed by atoms with van der Waals surface area (Å²) < 4.78 is 1.51. The predicted molar refractivity (Wildman–Crippen MR) is 52.5 cm³/mol. The molecule has 0 aliphatic heterocycles. The van der Waals surface area contributed by atoms with Crippen molar-refractivity contribution in [1.29, 1.82) is 0 Å². The SMILES string of the molecule is Cc1nn(C)cc1C(=O)NC(C)C(=O)O. The van der Waals surface area contributed by atoms with Crippen molar-refractivity contribution in [3.05, 3.63) is 17.5 Å². The van der Waals surface area contributed by atoms with Gasteiger partial charge in [0.1, 0.15) is 6.04 Å². The van der Waals surface area contributed by atoms with Crippen LogP contribution in [0.1, 0.15) is 23.0 Å². The highest BCUT2D eigenvalue weighted by atomic mass is 16.4. The smallest absolute Gasteiger partial charge is 0.325 e. The van der Waals surface area contributed by atoms with Crippen molar-refractivity contribution in [3.8, 4) is 0 Å². The number of carboxylic acid groups (broad SMARTS) is 1. The normalized spacial score (nSPS) is 12.2. The third-order valence-electron chi connectivity index (χ3n) is 1.98. The zero-order valence-corrected chi connectivity index (χ0v) is 8.81. The standard InChI is InChI=1S/C9H13N3O3/c1-5-7(4-12(3)11-5)8(13)10-6(2)9(14)15/h4,6H,1-3H3,(H,10,13)(H,14,15). The van der Waals surface area contributed by atoms with E-state index in [1.807, 2.05) is 0 Å². The summed E-state index contributed by atoms with van der Waals surface area (Å²) in [5.41, 5.74) is 0.971. The van der Waals surface area contributed by atoms with Crippen LogP contribution >= 0.6 is 0 Å². The van der Waals surface area contributed by atoms with Gasteiger partial charge in [-0.3, -0.25) is 14.3 Å². The van der Waals surface area contributed by atoms with Crippen molar-refractivity contribution in [2.45, 2.75) is 19.9 Å². The lowest BCUT2D eigenvalue weighted by Gasteiger charge is -2.07. The molecule has 1 aromatic heterocycles. The first-order valence-electron chi connectivity index (χ1n) is 4.45. The van der Waals surface area contributed by atoms with Crippen LogP contribution < -0.4 is 5.32 Å². The van der Waals surface area contributed by atoms with Crippen LogP contribution in [-0.4, -0.2) is 32.8 Å². The Kier molecular flexibility index (Phi) is 3.08. The summed E-state index contributed by atoms with van der Waals surface area (Å²) in [5, 5.41) is 15.0. The van der Waals surface area contributed by atoms with Gasteiger partial charge in [0, 0.05) is 13.2 Å². The van der Waals surface area contributed by atoms with Gasteiger partial charge in [-0.05, 0) is 13.8 Å². The molecule has 6 nitrogen and oxygen atoms in total. The lowest BCUT2D eigenvalue weighted by atomic mass is 10.2. The number of hydrogen-bond acceptors (Lipinski definition) is 3. The second-order valence-electron chi connectivity index (χ2n) is 3.34. The maximum absolute atomic E-state index is 11.6. The minimum atomic E-state index is -1.06. The van der Waals surface area contributed by atoms with Crippen molar-refractivity contribution in [2.24, 2.45) is 7.05 Å². The Morgan fingerprint density at radius 2 is 2.20 bits per heavy atom. The van der Waals surface area contributed by atoms with E-state index in [4.69, 9.17) is 5.11 Å². The van der Waals surface area contributed by atoms with E-state index in [9.17, 15) is 9.59 Å². The molecule has 82 valence electrons. The summed E-state index contributed by atoms with van der Waals surface area (Å²) in [4.78, 5) is 22.1. The number of amides is 1. The van der Waals surface area contributed by atoms with Crippen LogP contribution in [0.5, 0.6) is 0 Å². The molecular weight excluding hydrogens is 198 g/mol. The zero-order chi connectivity index (χ0) is 11.6. The number of rotatable bonds is 3. The molecule has 1 atom stereocenters. The van der Waals surface area contributed by atoms with E-state index < -0.39 is 17.9 Å². The molecule has 15 heavy (non-hydrogen) atoms. The molecule has 6 heteroatoms. The van der Waals surface area contributed by atoms with Crippen molar-refractivity contribution >= 4 is 11.9 Å². The van der Waals surface area contributed by atoms with Crippen LogP contribution in [0.2, 0.25) is 0 Å². The van der Waals surface area contributed by atoms with Gasteiger partial charge >= 0.3 is 5.97 Å². The minimum Gasteiger partial charge on any atom is -0.480 e. The molecule has 2 N–H and O–H groups in total. The number of nitrogens with zero attached hydrogens (tertiary/aromatic N) is 2. The fourth-order valence-corrected chi connectivity index (χ4v) is 1.16. The van der Waals surface area contributed by atoms with E-state index in [0.717, 1.165) is 0 Å². The molecule has 1 aromatic rings. The largest absolute Gasteiger partial charge is 0.480 e. The van der Waals surface area contributed by atoms with Crippen molar-refractivity contribution in [3.63, 3.8) is 0 Å². The van der Waals surface area contributed by atoms with E-state index >= 15 is 0 Å². The first-order valence-corrected chi connectivity index (χ1v) is 4.45. The quantitative estimate of drug-likeness (QED) is 0.733. The Morgan fingerprint density at radius 1 is 1.60 bits per heavy atom. The molecule has 0 aliphatic rings. The summed E-state index contributed by atoms with van der Waals surface area (Å²) in [5.74, 6) is -1.49. The van der Waals surface area contributed by atoms with Crippen molar-refractivity contribution < 1.29 is 14.7 Å². The van der Waals surface area contributed by atoms with E-state index in [0.29, 0.717) is 11.3 Å². The second kappa shape index (κ2) is 4.12. The zero-order valence-electron chi connectivity index (χ0n) is 8.81. The molecule has 1 rings (SSSR count). The maximum Gasteiger partial charge on any atom is 0.325 e. The molecule has 0 bridgehead atoms. The first kappa shape index (κ1) is 11.2. The van der Waals surface area contributed by atoms with Crippen molar-refractivity contribution in [1.82, 2.24) is 15.1 Å². The van der Waals surface area contributed by atoms with Crippen LogP contribution in [0, 0.1) is 6.92 Å². The first-order chi connectivity index (χ1) is 6.91. The Balaban J connectivity index is 2.77. The summed E-state index contributed by atoms with van der Waals surface area (Å²) in [6.45, 7) is 3.10. The van der Waals surface area contributed by atoms with E-state index in [-0.39, 0.29) is 0 Å². The van der Waals surface area contributed by atoms with Crippen LogP contribution in [0.15, 0.2) is 6.20 Å². The maximum atomic E-state index is 11.6. The Bertz CT molecular complexity index is 397. The van der Waals surface area contributed by atoms with Crippen LogP contribution in [0.25, 0.3) is 0 Å². The lowest BCUT2D eigenvalue weighted by Crippen LogP contribution is -2.38. The molecule has 0 saturated carbocycles. The highest BCUT2D eigenvalue weighted by Crippen LogP contribution is 2.04. The molecular formula is C9H13N3O3. The van der Waals surface area contributed by atoms with Gasteiger partial charge in [-0.2, -0.15) is 5.10 Å². The molecule has 0 spiro atoms. The van der Waals surface area contributed by atoms with Gasteiger partial charge in [-0.25, -0.2) is 0 Å². The monoisotopic (exact) mass is 211 g/mol. The van der Waals surface area contributed by atoms with E-state index in [2.05, 4.69) is 10.4 Å². The summed E-state index contributed by atoms with van der Waals surface area (Å²) in [6, 6.07) is -0.905. The molecule has 1 heterocycles. The van der Waals surface area contributed by atoms with E-state index in [1.54, 1.807) is 20.2 Å². The van der Waals surface area contributed by atoms with Gasteiger partial charge in [-0.1, -0.05) is 0 Å². The lowest BCUT2D eigenvalue weighted by molar-refractivity contribution is -0.138. The molecule has 0 radical (unpaired) electrons. The summed E-state index contributed by atoms with van der Waals surface area (Å²) in [7, 11) is 1.70. The van der Waals surface area contributed by atoms with Gasteiger partial charge in [0.2, 0.25) is 0 Å². The molecule has 0 aromatic carbocycles. The Hall–Kier alpha value is -1.85. The molecule has 0 aliphatic carbocycles. The number of carbonyl (C=O) groups is 2. The number of carboxylic acids is 1. The van der Waals surface area contributed by atoms with Gasteiger partial charge in [0.15, 0.2) is 0 Å². The highest BCUT2D eigenvalue weighted by molar-refractivity contribution is 5.97. The third-order valence-corrected chi connectivity index (χ3v) is 1.98. The third kappa shape index (κ3) is 2.55. The number of aromatic nitrogens is 2. The van der Waals surface area contributed by atoms with Crippen molar-refractivity contribution in [2.75, 3.05) is 0 Å². The van der Waals surface area contributed by atoms with Crippen LogP contribution in [0.3, 0.4) is 0 Å². The fourth-order valence-electron chi connectivity index (χ4n) is 1.16. The van der Waals surface area contributed by atoms with E-state index in [1.165, 1.54) is 11.6 Å². The summed E-state index contributed by atoms with van der Waals surface area (Å²) >= 11 is 0. The molecule has 0 saturated heterocycles. The average molecular weight is 211 g/mol. The predicted octanol–water partition coefficient (Wildman–Crippen LogP) is -0.0686. The minimum absolute atomic E-state index is 0.394. The Morgan fingerprint density at radius 3 is 2.60 bits per heavy atom. The number of hydrogen-bond donors (Lipinski definition) is 2. The van der Waals surface area contributed by atoms with Crippen LogP contribution in [-0.2, 0) is 11.8 Å². The van der Waals surface area contributed by atoms with Gasteiger partial charge < -0.3 is 10.4 Å². The Labute approximate surface area is 86.9 Å². The average Bonchev–Trinajstić information content (AvgIpc) is 2.44. The van der Waals surface area contributed by atoms with Gasteiger partial charge in [0.05, 0.1) is 11.3 Å². The summed E-state index contributed by atoms with van der Waals surface area (Å²) in [6.07, 6.45) is 1.55. The fraction of sp³-hybridized carbons (Fsp3) is 0.444. The number of carbonyl (C=O) groups excluding carboxylic acids is 1. The van der Waals surface area contributed by atoms with Crippen LogP contribution in [0.4, 0.5) is 0 Å². The number of nitrogens with one attached hydrogen (secondary N) is 1. The molecule has 0 fully saturated rings. The van der Waals surface area contributed by atoms with Gasteiger partial charge in [-0.15, -0.1) is 0 Å². The second-order valence-corrected chi connectivity index (χ2v) is 3.34. The molecule has 1 amide bonds. The topological polar surface area (TPSA) is 84.2 Å². The van der Waals surface area contributed by atoms with Gasteiger partial charge in [0.25, 0.3) is 5.91 Å². The molecule has 1 unspecified atom stereocenters.